The van der Waals surface area contributed by atoms with Crippen LogP contribution in [0.5, 0.6) is 0 Å². The highest BCUT2D eigenvalue weighted by atomic mass is 32.2. The van der Waals surface area contributed by atoms with Crippen LogP contribution in [0.1, 0.15) is 10.7 Å². The highest BCUT2D eigenvalue weighted by Crippen LogP contribution is 2.24. The van der Waals surface area contributed by atoms with Crippen molar-refractivity contribution in [1.82, 2.24) is 15.0 Å². The number of benzene rings is 1. The molecule has 1 aromatic carbocycles. The molecule has 19 heavy (non-hydrogen) atoms. The molecule has 0 aliphatic carbocycles. The average molecular weight is 297 g/mol. The zero-order valence-corrected chi connectivity index (χ0v) is 11.5. The number of imidazole rings is 1. The van der Waals surface area contributed by atoms with Gasteiger partial charge in [0, 0.05) is 23.3 Å². The van der Waals surface area contributed by atoms with Crippen LogP contribution in [0.2, 0.25) is 0 Å². The number of aryl methyl sites for hydroxylation is 1. The molecular weight excluding hydrogens is 288 g/mol. The molecule has 0 saturated carbocycles. The number of rotatable bonds is 3. The molecule has 0 atom stereocenters. The number of nitrogens with zero attached hydrogens (tertiary/aromatic N) is 2. The van der Waals surface area contributed by atoms with Crippen molar-refractivity contribution >= 4 is 34.1 Å². The van der Waals surface area contributed by atoms with Gasteiger partial charge < -0.3 is 4.98 Å². The highest BCUT2D eigenvalue weighted by Gasteiger charge is 2.09. The molecule has 1 N–H and O–H groups in total. The van der Waals surface area contributed by atoms with Crippen molar-refractivity contribution in [3.63, 3.8) is 0 Å². The highest BCUT2D eigenvalue weighted by molar-refractivity contribution is 7.98. The summed E-state index contributed by atoms with van der Waals surface area (Å²) in [6, 6.07) is 2.22. The minimum Gasteiger partial charge on any atom is -0.333 e. The van der Waals surface area contributed by atoms with Gasteiger partial charge in [0.1, 0.15) is 0 Å². The Bertz CT molecular complexity index is 697. The summed E-state index contributed by atoms with van der Waals surface area (Å²) < 4.78 is 26.1. The molecule has 0 radical (unpaired) electrons. The Kier molecular flexibility index (Phi) is 3.24. The van der Waals surface area contributed by atoms with E-state index in [1.165, 1.54) is 11.8 Å². The number of aromatic amines is 1. The predicted molar refractivity (Wildman–Crippen MR) is 72.4 cm³/mol. The SMILES string of the molecule is Cc1nc(CSc2nc3cc(F)c(F)cc3[nH]2)cs1. The number of fused-ring (bicyclic) bond motifs is 1. The Morgan fingerprint density at radius 2 is 2.05 bits per heavy atom. The first kappa shape index (κ1) is 12.6. The van der Waals surface area contributed by atoms with Crippen LogP contribution < -0.4 is 0 Å². The Labute approximate surface area is 116 Å². The minimum absolute atomic E-state index is 0.427. The lowest BCUT2D eigenvalue weighted by molar-refractivity contribution is 0.510. The van der Waals surface area contributed by atoms with Crippen molar-refractivity contribution in [2.45, 2.75) is 17.8 Å². The smallest absolute Gasteiger partial charge is 0.166 e. The number of nitrogens with one attached hydrogen (secondary N) is 1. The molecule has 0 aliphatic heterocycles. The number of hydrogen-bond acceptors (Lipinski definition) is 4. The number of halogens is 2. The second kappa shape index (κ2) is 4.90. The summed E-state index contributed by atoms with van der Waals surface area (Å²) in [5, 5.41) is 3.64. The summed E-state index contributed by atoms with van der Waals surface area (Å²) in [5.41, 5.74) is 1.90. The molecule has 0 bridgehead atoms. The number of H-pyrrole nitrogens is 1. The Morgan fingerprint density at radius 3 is 2.79 bits per heavy atom. The van der Waals surface area contributed by atoms with E-state index in [-0.39, 0.29) is 0 Å². The van der Waals surface area contributed by atoms with Gasteiger partial charge in [0.2, 0.25) is 0 Å². The Balaban J connectivity index is 1.81. The van der Waals surface area contributed by atoms with E-state index in [4.69, 9.17) is 0 Å². The fraction of sp³-hybridized carbons (Fsp3) is 0.167. The van der Waals surface area contributed by atoms with Crippen LogP contribution in [0, 0.1) is 18.6 Å². The molecule has 0 spiro atoms. The van der Waals surface area contributed by atoms with E-state index < -0.39 is 11.6 Å². The second-order valence-corrected chi connectivity index (χ2v) is 6.00. The van der Waals surface area contributed by atoms with Crippen molar-refractivity contribution in [2.75, 3.05) is 0 Å². The first-order chi connectivity index (χ1) is 9.11. The van der Waals surface area contributed by atoms with Gasteiger partial charge in [-0.1, -0.05) is 11.8 Å². The summed E-state index contributed by atoms with van der Waals surface area (Å²) in [5.74, 6) is -1.08. The molecule has 7 heteroatoms. The summed E-state index contributed by atoms with van der Waals surface area (Å²) in [6.07, 6.45) is 0. The molecular formula is C12H9F2N3S2. The second-order valence-electron chi connectivity index (χ2n) is 3.97. The quantitative estimate of drug-likeness (QED) is 0.746. The zero-order chi connectivity index (χ0) is 13.4. The van der Waals surface area contributed by atoms with Crippen LogP contribution in [0.25, 0.3) is 11.0 Å². The van der Waals surface area contributed by atoms with E-state index in [9.17, 15) is 8.78 Å². The zero-order valence-electron chi connectivity index (χ0n) is 9.91. The van der Waals surface area contributed by atoms with E-state index in [0.717, 1.165) is 22.8 Å². The van der Waals surface area contributed by atoms with Crippen LogP contribution >= 0.6 is 23.1 Å². The molecule has 0 amide bonds. The third-order valence-electron chi connectivity index (χ3n) is 2.53. The van der Waals surface area contributed by atoms with Crippen molar-refractivity contribution in [3.8, 4) is 0 Å². The standard InChI is InChI=1S/C12H9F2N3S2/c1-6-15-7(4-18-6)5-19-12-16-10-2-8(13)9(14)3-11(10)17-12/h2-4H,5H2,1H3,(H,16,17). The number of thiazole rings is 1. The lowest BCUT2D eigenvalue weighted by Gasteiger charge is -1.92. The third kappa shape index (κ3) is 2.62. The fourth-order valence-corrected chi connectivity index (χ4v) is 3.16. The molecule has 0 saturated heterocycles. The van der Waals surface area contributed by atoms with Gasteiger partial charge in [0.25, 0.3) is 0 Å². The van der Waals surface area contributed by atoms with Gasteiger partial charge in [0.05, 0.1) is 21.7 Å². The monoisotopic (exact) mass is 297 g/mol. The maximum Gasteiger partial charge on any atom is 0.166 e. The fourth-order valence-electron chi connectivity index (χ4n) is 1.67. The van der Waals surface area contributed by atoms with Gasteiger partial charge in [-0.3, -0.25) is 0 Å². The summed E-state index contributed by atoms with van der Waals surface area (Å²) in [7, 11) is 0. The number of hydrogen-bond donors (Lipinski definition) is 1. The number of aromatic nitrogens is 3. The van der Waals surface area contributed by atoms with Crippen LogP contribution in [-0.2, 0) is 5.75 Å². The van der Waals surface area contributed by atoms with Crippen molar-refractivity contribution < 1.29 is 8.78 Å². The maximum atomic E-state index is 13.1. The number of thioether (sulfide) groups is 1. The van der Waals surface area contributed by atoms with Gasteiger partial charge in [-0.05, 0) is 6.92 Å². The van der Waals surface area contributed by atoms with Gasteiger partial charge in [-0.25, -0.2) is 18.7 Å². The average Bonchev–Trinajstić information content (AvgIpc) is 2.93. The molecule has 3 rings (SSSR count). The Morgan fingerprint density at radius 1 is 1.26 bits per heavy atom. The topological polar surface area (TPSA) is 41.6 Å². The van der Waals surface area contributed by atoms with Gasteiger partial charge in [-0.15, -0.1) is 11.3 Å². The Hall–Kier alpha value is -1.47. The summed E-state index contributed by atoms with van der Waals surface area (Å²) >= 11 is 3.05. The van der Waals surface area contributed by atoms with E-state index in [0.29, 0.717) is 21.9 Å². The molecule has 98 valence electrons. The normalized spacial score (nSPS) is 11.3. The van der Waals surface area contributed by atoms with Gasteiger partial charge in [-0.2, -0.15) is 0 Å². The van der Waals surface area contributed by atoms with Crippen LogP contribution in [0.15, 0.2) is 22.7 Å². The van der Waals surface area contributed by atoms with Crippen LogP contribution in [0.3, 0.4) is 0 Å². The third-order valence-corrected chi connectivity index (χ3v) is 4.25. The first-order valence-corrected chi connectivity index (χ1v) is 7.37. The molecule has 2 aromatic heterocycles. The van der Waals surface area contributed by atoms with Crippen molar-refractivity contribution in [1.29, 1.82) is 0 Å². The molecule has 2 heterocycles. The molecule has 0 fully saturated rings. The lowest BCUT2D eigenvalue weighted by atomic mass is 10.3. The van der Waals surface area contributed by atoms with E-state index in [1.54, 1.807) is 11.3 Å². The van der Waals surface area contributed by atoms with Crippen molar-refractivity contribution in [3.05, 3.63) is 39.8 Å². The lowest BCUT2D eigenvalue weighted by Crippen LogP contribution is -1.82. The van der Waals surface area contributed by atoms with Crippen LogP contribution in [-0.4, -0.2) is 15.0 Å². The van der Waals surface area contributed by atoms with Gasteiger partial charge >= 0.3 is 0 Å². The van der Waals surface area contributed by atoms with E-state index in [1.807, 2.05) is 12.3 Å². The first-order valence-electron chi connectivity index (χ1n) is 5.50. The predicted octanol–water partition coefficient (Wildman–Crippen LogP) is 3.90. The van der Waals surface area contributed by atoms with E-state index in [2.05, 4.69) is 15.0 Å². The largest absolute Gasteiger partial charge is 0.333 e. The molecule has 3 aromatic rings. The van der Waals surface area contributed by atoms with Crippen LogP contribution in [0.4, 0.5) is 8.78 Å². The summed E-state index contributed by atoms with van der Waals surface area (Å²) in [6.45, 7) is 1.95. The molecule has 3 nitrogen and oxygen atoms in total. The van der Waals surface area contributed by atoms with E-state index >= 15 is 0 Å². The minimum atomic E-state index is -0.884. The van der Waals surface area contributed by atoms with Crippen molar-refractivity contribution in [2.24, 2.45) is 0 Å². The molecule has 0 aliphatic rings. The summed E-state index contributed by atoms with van der Waals surface area (Å²) in [4.78, 5) is 11.5. The maximum absolute atomic E-state index is 13.1. The molecule has 0 unspecified atom stereocenters. The van der Waals surface area contributed by atoms with Gasteiger partial charge in [0.15, 0.2) is 16.8 Å².